The van der Waals surface area contributed by atoms with E-state index in [0.29, 0.717) is 0 Å². The van der Waals surface area contributed by atoms with E-state index >= 15 is 0 Å². The van der Waals surface area contributed by atoms with Crippen molar-refractivity contribution in [2.75, 3.05) is 18.1 Å². The highest BCUT2D eigenvalue weighted by Gasteiger charge is 2.04. The van der Waals surface area contributed by atoms with Crippen LogP contribution in [0.2, 0.25) is 0 Å². The molecule has 0 spiro atoms. The number of H-pyrrole nitrogens is 1. The van der Waals surface area contributed by atoms with E-state index in [1.165, 1.54) is 29.2 Å². The van der Waals surface area contributed by atoms with Gasteiger partial charge in [-0.25, -0.2) is 0 Å². The van der Waals surface area contributed by atoms with Crippen LogP contribution in [0, 0.1) is 13.8 Å². The van der Waals surface area contributed by atoms with Crippen LogP contribution in [0.25, 0.3) is 0 Å². The van der Waals surface area contributed by atoms with Gasteiger partial charge in [0.25, 0.3) is 0 Å². The Labute approximate surface area is 96.4 Å². The fourth-order valence-corrected chi connectivity index (χ4v) is 2.13. The summed E-state index contributed by atoms with van der Waals surface area (Å²) in [6.07, 6.45) is 1.24. The van der Waals surface area contributed by atoms with Crippen LogP contribution in [0.5, 0.6) is 0 Å². The van der Waals surface area contributed by atoms with Gasteiger partial charge >= 0.3 is 0 Å². The summed E-state index contributed by atoms with van der Waals surface area (Å²) in [5.41, 5.74) is 3.61. The van der Waals surface area contributed by atoms with Crippen molar-refractivity contribution in [3.8, 4) is 0 Å². The van der Waals surface area contributed by atoms with Crippen molar-refractivity contribution in [1.29, 1.82) is 0 Å². The second kappa shape index (κ2) is 6.90. The lowest BCUT2D eigenvalue weighted by Crippen LogP contribution is -2.16. The quantitative estimate of drug-likeness (QED) is 0.702. The van der Waals surface area contributed by atoms with E-state index in [2.05, 4.69) is 29.4 Å². The van der Waals surface area contributed by atoms with Crippen molar-refractivity contribution in [2.24, 2.45) is 0 Å². The molecule has 0 saturated carbocycles. The van der Waals surface area contributed by atoms with E-state index in [0.717, 1.165) is 18.8 Å². The third kappa shape index (κ3) is 4.26. The summed E-state index contributed by atoms with van der Waals surface area (Å²) < 4.78 is 0. The molecule has 0 radical (unpaired) electrons. The summed E-state index contributed by atoms with van der Waals surface area (Å²) >= 11 is 2.00. The molecule has 0 amide bonds. The lowest BCUT2D eigenvalue weighted by Gasteiger charge is -2.04. The largest absolute Gasteiger partial charge is 0.313 e. The Bertz CT molecular complexity index is 264. The van der Waals surface area contributed by atoms with Crippen molar-refractivity contribution >= 4 is 11.8 Å². The number of hydrogen-bond acceptors (Lipinski definition) is 3. The van der Waals surface area contributed by atoms with Crippen LogP contribution in [0.4, 0.5) is 0 Å². The third-order valence-corrected chi connectivity index (χ3v) is 3.41. The zero-order valence-corrected chi connectivity index (χ0v) is 10.7. The zero-order chi connectivity index (χ0) is 11.1. The molecule has 86 valence electrons. The molecule has 4 heteroatoms. The molecular formula is C11H21N3S. The van der Waals surface area contributed by atoms with Gasteiger partial charge in [-0.15, -0.1) is 0 Å². The molecule has 0 saturated heterocycles. The lowest BCUT2D eigenvalue weighted by molar-refractivity contribution is 0.674. The van der Waals surface area contributed by atoms with Crippen LogP contribution in [0.15, 0.2) is 0 Å². The van der Waals surface area contributed by atoms with Crippen LogP contribution in [0.3, 0.4) is 0 Å². The summed E-state index contributed by atoms with van der Waals surface area (Å²) in [7, 11) is 0. The number of nitrogens with zero attached hydrogens (tertiary/aromatic N) is 1. The van der Waals surface area contributed by atoms with Crippen LogP contribution in [-0.4, -0.2) is 28.2 Å². The summed E-state index contributed by atoms with van der Waals surface area (Å²) in [5.74, 6) is 2.48. The Hall–Kier alpha value is -0.480. The molecular weight excluding hydrogens is 206 g/mol. The highest BCUT2D eigenvalue weighted by atomic mass is 32.2. The van der Waals surface area contributed by atoms with Crippen LogP contribution in [-0.2, 0) is 6.54 Å². The maximum absolute atomic E-state index is 4.18. The van der Waals surface area contributed by atoms with E-state index in [1.54, 1.807) is 0 Å². The standard InChI is InChI=1S/C11H21N3S/c1-4-15-7-5-6-12-8-11-9(2)13-14-10(11)3/h12H,4-8H2,1-3H3,(H,13,14). The van der Waals surface area contributed by atoms with E-state index in [-0.39, 0.29) is 0 Å². The second-order valence-electron chi connectivity index (χ2n) is 3.64. The topological polar surface area (TPSA) is 40.7 Å². The molecule has 0 unspecified atom stereocenters. The van der Waals surface area contributed by atoms with Crippen molar-refractivity contribution in [3.63, 3.8) is 0 Å². The first kappa shape index (κ1) is 12.6. The number of aromatic nitrogens is 2. The van der Waals surface area contributed by atoms with E-state index in [4.69, 9.17) is 0 Å². The predicted octanol–water partition coefficient (Wildman–Crippen LogP) is 2.26. The second-order valence-corrected chi connectivity index (χ2v) is 5.03. The molecule has 0 aromatic carbocycles. The van der Waals surface area contributed by atoms with Crippen molar-refractivity contribution in [2.45, 2.75) is 33.7 Å². The van der Waals surface area contributed by atoms with Gasteiger partial charge in [0.1, 0.15) is 0 Å². The van der Waals surface area contributed by atoms with Gasteiger partial charge in [-0.05, 0) is 38.3 Å². The number of nitrogens with one attached hydrogen (secondary N) is 2. The minimum atomic E-state index is 0.935. The lowest BCUT2D eigenvalue weighted by atomic mass is 10.2. The fourth-order valence-electron chi connectivity index (χ4n) is 1.49. The molecule has 1 aromatic rings. The Morgan fingerprint density at radius 3 is 2.80 bits per heavy atom. The average Bonchev–Trinajstić information content (AvgIpc) is 2.54. The van der Waals surface area contributed by atoms with Crippen molar-refractivity contribution < 1.29 is 0 Å². The molecule has 1 aromatic heterocycles. The SMILES string of the molecule is CCSCCCNCc1c(C)n[nH]c1C. The van der Waals surface area contributed by atoms with Gasteiger partial charge in [-0.2, -0.15) is 16.9 Å². The van der Waals surface area contributed by atoms with Gasteiger partial charge < -0.3 is 5.32 Å². The molecule has 0 aliphatic heterocycles. The maximum Gasteiger partial charge on any atom is 0.0638 e. The molecule has 0 aliphatic carbocycles. The molecule has 0 atom stereocenters. The van der Waals surface area contributed by atoms with Crippen molar-refractivity contribution in [1.82, 2.24) is 15.5 Å². The monoisotopic (exact) mass is 227 g/mol. The van der Waals surface area contributed by atoms with Gasteiger partial charge in [0.15, 0.2) is 0 Å². The minimum Gasteiger partial charge on any atom is -0.313 e. The molecule has 1 heterocycles. The predicted molar refractivity (Wildman–Crippen MR) is 67.4 cm³/mol. The molecule has 0 aliphatic rings. The van der Waals surface area contributed by atoms with Gasteiger partial charge in [0.2, 0.25) is 0 Å². The van der Waals surface area contributed by atoms with Crippen molar-refractivity contribution in [3.05, 3.63) is 17.0 Å². The zero-order valence-electron chi connectivity index (χ0n) is 9.89. The maximum atomic E-state index is 4.18. The number of rotatable bonds is 7. The molecule has 2 N–H and O–H groups in total. The highest BCUT2D eigenvalue weighted by molar-refractivity contribution is 7.99. The number of hydrogen-bond donors (Lipinski definition) is 2. The first-order chi connectivity index (χ1) is 7.25. The number of thioether (sulfide) groups is 1. The smallest absolute Gasteiger partial charge is 0.0638 e. The minimum absolute atomic E-state index is 0.935. The third-order valence-electron chi connectivity index (χ3n) is 2.43. The van der Waals surface area contributed by atoms with E-state index < -0.39 is 0 Å². The Kier molecular flexibility index (Phi) is 5.79. The summed E-state index contributed by atoms with van der Waals surface area (Å²) in [6.45, 7) is 8.36. The fraction of sp³-hybridized carbons (Fsp3) is 0.727. The van der Waals surface area contributed by atoms with Gasteiger partial charge in [-0.3, -0.25) is 5.10 Å². The van der Waals surface area contributed by atoms with Crippen LogP contribution < -0.4 is 5.32 Å². The van der Waals surface area contributed by atoms with Gasteiger partial charge in [0, 0.05) is 17.8 Å². The van der Waals surface area contributed by atoms with Crippen LogP contribution >= 0.6 is 11.8 Å². The first-order valence-electron chi connectivity index (χ1n) is 5.54. The van der Waals surface area contributed by atoms with Gasteiger partial charge in [0.05, 0.1) is 5.69 Å². The Morgan fingerprint density at radius 1 is 1.40 bits per heavy atom. The number of aryl methyl sites for hydroxylation is 2. The molecule has 0 fully saturated rings. The highest BCUT2D eigenvalue weighted by Crippen LogP contribution is 2.08. The molecule has 15 heavy (non-hydrogen) atoms. The van der Waals surface area contributed by atoms with E-state index in [9.17, 15) is 0 Å². The van der Waals surface area contributed by atoms with Crippen LogP contribution in [0.1, 0.15) is 30.3 Å². The normalized spacial score (nSPS) is 10.9. The number of aromatic amines is 1. The average molecular weight is 227 g/mol. The Morgan fingerprint density at radius 2 is 2.20 bits per heavy atom. The summed E-state index contributed by atoms with van der Waals surface area (Å²) in [4.78, 5) is 0. The first-order valence-corrected chi connectivity index (χ1v) is 6.70. The molecule has 3 nitrogen and oxygen atoms in total. The molecule has 0 bridgehead atoms. The summed E-state index contributed by atoms with van der Waals surface area (Å²) in [6, 6.07) is 0. The summed E-state index contributed by atoms with van der Waals surface area (Å²) in [5, 5.41) is 10.6. The molecule has 1 rings (SSSR count). The van der Waals surface area contributed by atoms with Gasteiger partial charge in [-0.1, -0.05) is 6.92 Å². The van der Waals surface area contributed by atoms with E-state index in [1.807, 2.05) is 18.7 Å². The Balaban J connectivity index is 2.15.